The van der Waals surface area contributed by atoms with Crippen molar-refractivity contribution in [3.05, 3.63) is 22.7 Å². The summed E-state index contributed by atoms with van der Waals surface area (Å²) in [6.45, 7) is 0. The highest BCUT2D eigenvalue weighted by molar-refractivity contribution is 7.72. The monoisotopic (exact) mass is 453 g/mol. The molecule has 160 valence electrons. The van der Waals surface area contributed by atoms with Crippen LogP contribution in [0.15, 0.2) is 17.1 Å². The van der Waals surface area contributed by atoms with E-state index in [1.54, 1.807) is 0 Å². The van der Waals surface area contributed by atoms with Gasteiger partial charge in [-0.15, -0.1) is 0 Å². The molecule has 1 aromatic heterocycles. The maximum absolute atomic E-state index is 13.4. The molecular weight excluding hydrogens is 438 g/mol. The molecule has 6 atom stereocenters. The van der Waals surface area contributed by atoms with Crippen molar-refractivity contribution in [2.24, 2.45) is 0 Å². The van der Waals surface area contributed by atoms with Crippen LogP contribution >= 0.6 is 15.2 Å². The van der Waals surface area contributed by atoms with Crippen LogP contribution in [0.2, 0.25) is 0 Å². The third-order valence-corrected chi connectivity index (χ3v) is 7.05. The minimum Gasteiger partial charge on any atom is -0.387 e. The topological polar surface area (TPSA) is 235 Å². The minimum atomic E-state index is -6.50. The van der Waals surface area contributed by atoms with Crippen LogP contribution in [-0.2, 0) is 18.4 Å². The number of rotatable bonds is 6. The summed E-state index contributed by atoms with van der Waals surface area (Å²) in [6, 6.07) is 1.10. The van der Waals surface area contributed by atoms with E-state index in [-0.39, 0.29) is 5.82 Å². The summed E-state index contributed by atoms with van der Waals surface area (Å²) >= 11 is 0. The first-order valence-electron chi connectivity index (χ1n) is 7.09. The lowest BCUT2D eigenvalue weighted by molar-refractivity contribution is -0.161. The number of hydrogen-bond acceptors (Lipinski definition) is 10. The number of aliphatic hydroxyl groups is 3. The van der Waals surface area contributed by atoms with E-state index in [9.17, 15) is 42.9 Å². The third kappa shape index (κ3) is 4.02. The lowest BCUT2D eigenvalue weighted by atomic mass is 10.1. The quantitative estimate of drug-likeness (QED) is 0.177. The molecule has 1 saturated heterocycles. The maximum atomic E-state index is 13.4. The molecule has 14 nitrogen and oxygen atoms in total. The van der Waals surface area contributed by atoms with Crippen molar-refractivity contribution in [1.29, 1.82) is 0 Å². The third-order valence-electron chi connectivity index (χ3n) is 3.62. The molecule has 0 amide bonds. The van der Waals surface area contributed by atoms with Gasteiger partial charge in [0.2, 0.25) is 0 Å². The number of halogens is 2. The Bertz CT molecular complexity index is 892. The van der Waals surface area contributed by atoms with Gasteiger partial charge in [0.05, 0.1) is 0 Å². The van der Waals surface area contributed by atoms with E-state index in [0.717, 1.165) is 12.3 Å². The van der Waals surface area contributed by atoms with Gasteiger partial charge in [-0.05, 0) is 6.07 Å². The fraction of sp³-hybridized carbons (Fsp3) is 0.600. The second-order valence-corrected chi connectivity index (χ2v) is 9.40. The Balaban J connectivity index is 2.25. The zero-order valence-electron chi connectivity index (χ0n) is 13.4. The summed E-state index contributed by atoms with van der Waals surface area (Å²) in [4.78, 5) is 41.2. The lowest BCUT2D eigenvalue weighted by Gasteiger charge is -2.27. The second kappa shape index (κ2) is 7.50. The van der Waals surface area contributed by atoms with Crippen molar-refractivity contribution < 1.29 is 57.2 Å². The van der Waals surface area contributed by atoms with Gasteiger partial charge >= 0.3 is 26.3 Å². The van der Waals surface area contributed by atoms with E-state index >= 15 is 0 Å². The number of aliphatic hydroxyl groups excluding tert-OH is 3. The van der Waals surface area contributed by atoms with Gasteiger partial charge in [-0.1, -0.05) is 0 Å². The van der Waals surface area contributed by atoms with Crippen LogP contribution in [0.1, 0.15) is 6.23 Å². The van der Waals surface area contributed by atoms with Crippen LogP contribution in [0.4, 0.5) is 14.6 Å². The molecule has 1 aromatic rings. The Morgan fingerprint density at radius 1 is 1.29 bits per heavy atom. The number of nitrogens with two attached hydrogens (primary N) is 1. The minimum absolute atomic E-state index is 0.199. The van der Waals surface area contributed by atoms with E-state index in [0.29, 0.717) is 4.57 Å². The van der Waals surface area contributed by atoms with Crippen LogP contribution < -0.4 is 11.4 Å². The lowest BCUT2D eigenvalue weighted by Crippen LogP contribution is -2.40. The molecular formula is C10H15F2N3O11P2. The van der Waals surface area contributed by atoms with Crippen LogP contribution in [0.3, 0.4) is 0 Å². The summed E-state index contributed by atoms with van der Waals surface area (Å²) in [5, 5.41) is 24.0. The van der Waals surface area contributed by atoms with Gasteiger partial charge in [0, 0.05) is 6.20 Å². The molecule has 0 radical (unpaired) electrons. The molecule has 1 aliphatic rings. The molecule has 0 aromatic carbocycles. The molecule has 1 fully saturated rings. The number of nitrogen functional groups attached to an aromatic ring is 1. The van der Waals surface area contributed by atoms with Gasteiger partial charge in [-0.25, -0.2) is 4.79 Å². The highest BCUT2D eigenvalue weighted by Crippen LogP contribution is 2.73. The molecule has 18 heteroatoms. The summed E-state index contributed by atoms with van der Waals surface area (Å²) in [6.07, 6.45) is -9.88. The first kappa shape index (κ1) is 23.0. The van der Waals surface area contributed by atoms with Crippen LogP contribution in [0, 0.1) is 0 Å². The van der Waals surface area contributed by atoms with Gasteiger partial charge in [-0.2, -0.15) is 13.8 Å². The summed E-state index contributed by atoms with van der Waals surface area (Å²) in [7, 11) is -13.0. The molecule has 0 saturated carbocycles. The van der Waals surface area contributed by atoms with Crippen molar-refractivity contribution in [1.82, 2.24) is 9.55 Å². The van der Waals surface area contributed by atoms with E-state index < -0.39 is 57.1 Å². The van der Waals surface area contributed by atoms with Gasteiger partial charge in [0.25, 0.3) is 0 Å². The van der Waals surface area contributed by atoms with Gasteiger partial charge in [-0.3, -0.25) is 18.2 Å². The fourth-order valence-electron chi connectivity index (χ4n) is 2.20. The van der Waals surface area contributed by atoms with Crippen molar-refractivity contribution in [3.63, 3.8) is 0 Å². The number of alkyl halides is 2. The Kier molecular flexibility index (Phi) is 6.15. The highest BCUT2D eigenvalue weighted by Gasteiger charge is 2.66. The average Bonchev–Trinajstić information content (AvgIpc) is 2.82. The Morgan fingerprint density at radius 2 is 1.86 bits per heavy atom. The first-order valence-corrected chi connectivity index (χ1v) is 10.3. The van der Waals surface area contributed by atoms with E-state index in [1.807, 2.05) is 0 Å². The van der Waals surface area contributed by atoms with E-state index in [2.05, 4.69) is 9.51 Å². The van der Waals surface area contributed by atoms with Crippen LogP contribution in [0.5, 0.6) is 0 Å². The Labute approximate surface area is 153 Å². The van der Waals surface area contributed by atoms with E-state index in [1.165, 1.54) is 0 Å². The molecule has 0 aliphatic carbocycles. The fourth-order valence-corrected chi connectivity index (χ4v) is 4.20. The SMILES string of the molecule is Nc1ccn([C@@H]2O[C@H](C(O)OP(=O)(O)C(F)(F)P(=O)(O)O)[C@@H](O)[C@H]2O)c(=O)n1. The highest BCUT2D eigenvalue weighted by atomic mass is 31.2. The zero-order valence-corrected chi connectivity index (χ0v) is 15.2. The van der Waals surface area contributed by atoms with Gasteiger partial charge < -0.3 is 40.5 Å². The number of anilines is 1. The molecule has 0 bridgehead atoms. The maximum Gasteiger partial charge on any atom is 0.443 e. The van der Waals surface area contributed by atoms with Crippen molar-refractivity contribution in [2.75, 3.05) is 5.73 Å². The largest absolute Gasteiger partial charge is 0.443 e. The summed E-state index contributed by atoms with van der Waals surface area (Å²) in [5.74, 6) is -0.199. The predicted molar refractivity (Wildman–Crippen MR) is 82.7 cm³/mol. The predicted octanol–water partition coefficient (Wildman–Crippen LogP) is -2.31. The second-order valence-electron chi connectivity index (χ2n) is 5.58. The van der Waals surface area contributed by atoms with Crippen molar-refractivity contribution in [3.8, 4) is 0 Å². The first-order chi connectivity index (χ1) is 12.6. The molecule has 1 aliphatic heterocycles. The van der Waals surface area contributed by atoms with Crippen LogP contribution in [-0.4, -0.2) is 69.6 Å². The Morgan fingerprint density at radius 3 is 2.36 bits per heavy atom. The Hall–Kier alpha value is -1.32. The van der Waals surface area contributed by atoms with Gasteiger partial charge in [0.15, 0.2) is 12.5 Å². The number of ether oxygens (including phenoxy) is 1. The van der Waals surface area contributed by atoms with Gasteiger partial charge in [0.1, 0.15) is 24.1 Å². The van der Waals surface area contributed by atoms with Crippen molar-refractivity contribution in [2.45, 2.75) is 36.2 Å². The molecule has 2 unspecified atom stereocenters. The smallest absolute Gasteiger partial charge is 0.387 e. The van der Waals surface area contributed by atoms with E-state index in [4.69, 9.17) is 20.3 Å². The molecule has 2 heterocycles. The molecule has 8 N–H and O–H groups in total. The summed E-state index contributed by atoms with van der Waals surface area (Å²) < 4.78 is 58.4. The average molecular weight is 453 g/mol. The normalized spacial score (nSPS) is 29.4. The van der Waals surface area contributed by atoms with Crippen molar-refractivity contribution >= 4 is 21.0 Å². The number of hydrogen-bond donors (Lipinski definition) is 7. The summed E-state index contributed by atoms with van der Waals surface area (Å²) in [5.41, 5.74) is 4.22. The number of nitrogens with zero attached hydrogens (tertiary/aromatic N) is 2. The number of aromatic nitrogens is 2. The van der Waals surface area contributed by atoms with Crippen LogP contribution in [0.25, 0.3) is 0 Å². The molecule has 0 spiro atoms. The standard InChI is InChI=1S/C10H15F2N3O11P2/c11-10(12,27(20,21)22)28(23,24)26-8(18)6-4(16)5(17)7(25-6)15-2-1-3(13)14-9(15)19/h1-2,4-8,16-18H,(H,23,24)(H2,13,14,19)(H2,20,21,22)/t4-,5+,6-,7+,8?/m0/s1. The molecule has 2 rings (SSSR count). The molecule has 28 heavy (non-hydrogen) atoms. The zero-order chi connectivity index (χ0) is 21.7.